The maximum Gasteiger partial charge on any atom is 0.0896 e. The second-order valence-electron chi connectivity index (χ2n) is 2.84. The van der Waals surface area contributed by atoms with Gasteiger partial charge in [0.1, 0.15) is 0 Å². The summed E-state index contributed by atoms with van der Waals surface area (Å²) in [4.78, 5) is 0. The molecule has 0 saturated carbocycles. The third-order valence-corrected chi connectivity index (χ3v) is 2.05. The lowest BCUT2D eigenvalue weighted by Gasteiger charge is -2.33. The molecule has 1 rings (SSSR count). The van der Waals surface area contributed by atoms with Crippen LogP contribution in [-0.4, -0.2) is 36.4 Å². The van der Waals surface area contributed by atoms with E-state index in [1.165, 1.54) is 5.06 Å². The first-order chi connectivity index (χ1) is 4.70. The minimum atomic E-state index is 0.198. The second-order valence-corrected chi connectivity index (χ2v) is 2.84. The van der Waals surface area contributed by atoms with Crippen LogP contribution in [0.1, 0.15) is 12.8 Å². The van der Waals surface area contributed by atoms with Gasteiger partial charge in [-0.1, -0.05) is 0 Å². The third kappa shape index (κ3) is 1.91. The van der Waals surface area contributed by atoms with E-state index >= 15 is 0 Å². The number of piperidine rings is 1. The predicted molar refractivity (Wildman–Crippen MR) is 36.6 cm³/mol. The number of nitrogens with zero attached hydrogens (tertiary/aromatic N) is 1. The van der Waals surface area contributed by atoms with Crippen LogP contribution < -0.4 is 5.06 Å². The molecule has 1 atom stereocenters. The minimum Gasteiger partial charge on any atom is -0.634 e. The van der Waals surface area contributed by atoms with Crippen molar-refractivity contribution in [2.45, 2.75) is 18.9 Å². The maximum absolute atomic E-state index is 10.8. The molecule has 10 heavy (non-hydrogen) atoms. The fraction of sp³-hybridized carbons (Fsp3) is 1.00. The number of hydrogen-bond donors (Lipinski definition) is 2. The Bertz CT molecular complexity index is 99.9. The Morgan fingerprint density at radius 2 is 2.00 bits per heavy atom. The first-order valence-electron chi connectivity index (χ1n) is 3.64. The Kier molecular flexibility index (Phi) is 2.62. The quantitative estimate of drug-likeness (QED) is 0.459. The van der Waals surface area contributed by atoms with Crippen molar-refractivity contribution < 1.29 is 10.3 Å². The number of rotatable bonds is 1. The Morgan fingerprint density at radius 3 is 2.40 bits per heavy atom. The summed E-state index contributed by atoms with van der Waals surface area (Å²) in [6.45, 7) is 1.29. The molecule has 0 radical (unpaired) electrons. The van der Waals surface area contributed by atoms with Crippen LogP contribution in [-0.2, 0) is 0 Å². The Morgan fingerprint density at radius 1 is 1.50 bits per heavy atom. The molecule has 0 aromatic heterocycles. The zero-order valence-corrected chi connectivity index (χ0v) is 6.21. The molecule has 2 N–H and O–H groups in total. The molecule has 0 bridgehead atoms. The van der Waals surface area contributed by atoms with Gasteiger partial charge in [-0.05, 0) is 0 Å². The van der Waals surface area contributed by atoms with Crippen LogP contribution in [0.2, 0.25) is 0 Å². The molecule has 4 nitrogen and oxygen atoms in total. The lowest BCUT2D eigenvalue weighted by molar-refractivity contribution is -0.856. The Hall–Kier alpha value is -0.160. The van der Waals surface area contributed by atoms with Gasteiger partial charge in [-0.15, -0.1) is 0 Å². The van der Waals surface area contributed by atoms with Crippen molar-refractivity contribution in [3.05, 3.63) is 5.21 Å². The van der Waals surface area contributed by atoms with E-state index in [0.717, 1.165) is 12.8 Å². The van der Waals surface area contributed by atoms with Crippen molar-refractivity contribution in [2.24, 2.45) is 0 Å². The van der Waals surface area contributed by atoms with Gasteiger partial charge in [0.2, 0.25) is 0 Å². The molecular formula is C6H14N2O2. The normalized spacial score (nSPS) is 26.7. The minimum absolute atomic E-state index is 0.198. The molecule has 1 unspecified atom stereocenters. The van der Waals surface area contributed by atoms with Crippen LogP contribution in [0.5, 0.6) is 0 Å². The SMILES string of the molecule is C[NH+]([O-])C1CCN(O)CC1. The van der Waals surface area contributed by atoms with Gasteiger partial charge in [-0.25, -0.2) is 0 Å². The van der Waals surface area contributed by atoms with E-state index in [1.807, 2.05) is 0 Å². The highest BCUT2D eigenvalue weighted by Crippen LogP contribution is 2.04. The molecule has 1 saturated heterocycles. The lowest BCUT2D eigenvalue weighted by Crippen LogP contribution is -3.08. The van der Waals surface area contributed by atoms with Crippen molar-refractivity contribution in [1.82, 2.24) is 5.06 Å². The van der Waals surface area contributed by atoms with Gasteiger partial charge in [0.25, 0.3) is 0 Å². The highest BCUT2D eigenvalue weighted by molar-refractivity contribution is 4.65. The highest BCUT2D eigenvalue weighted by Gasteiger charge is 2.20. The molecule has 0 aromatic carbocycles. The molecule has 1 aliphatic heterocycles. The van der Waals surface area contributed by atoms with Crippen molar-refractivity contribution in [2.75, 3.05) is 20.1 Å². The summed E-state index contributed by atoms with van der Waals surface area (Å²) in [7, 11) is 1.62. The van der Waals surface area contributed by atoms with Gasteiger partial charge in [-0.2, -0.15) is 5.06 Å². The van der Waals surface area contributed by atoms with Crippen LogP contribution >= 0.6 is 0 Å². The van der Waals surface area contributed by atoms with Crippen LogP contribution in [0, 0.1) is 5.21 Å². The van der Waals surface area contributed by atoms with Crippen LogP contribution in [0.4, 0.5) is 0 Å². The van der Waals surface area contributed by atoms with Crippen LogP contribution in [0.15, 0.2) is 0 Å². The largest absolute Gasteiger partial charge is 0.634 e. The van der Waals surface area contributed by atoms with E-state index in [2.05, 4.69) is 0 Å². The van der Waals surface area contributed by atoms with E-state index in [-0.39, 0.29) is 11.1 Å². The molecule has 1 heterocycles. The standard InChI is InChI=1S/C6H14N2O2/c1-7(9)6-2-4-8(10)5-3-6/h6-7,10H,2-5H2,1H3. The van der Waals surface area contributed by atoms with Crippen molar-refractivity contribution in [3.63, 3.8) is 0 Å². The summed E-state index contributed by atoms with van der Waals surface area (Å²) in [5.74, 6) is 0. The summed E-state index contributed by atoms with van der Waals surface area (Å²) in [5.41, 5.74) is 0. The zero-order valence-electron chi connectivity index (χ0n) is 6.21. The molecule has 1 fully saturated rings. The van der Waals surface area contributed by atoms with Gasteiger partial charge in [0.15, 0.2) is 0 Å². The van der Waals surface area contributed by atoms with Gasteiger partial charge in [0, 0.05) is 25.9 Å². The first kappa shape index (κ1) is 7.94. The summed E-state index contributed by atoms with van der Waals surface area (Å²) in [6, 6.07) is 0.198. The summed E-state index contributed by atoms with van der Waals surface area (Å²) >= 11 is 0. The fourth-order valence-corrected chi connectivity index (χ4v) is 1.27. The first-order valence-corrected chi connectivity index (χ1v) is 3.64. The highest BCUT2D eigenvalue weighted by atomic mass is 16.5. The van der Waals surface area contributed by atoms with Crippen molar-refractivity contribution in [3.8, 4) is 0 Å². The number of quaternary nitrogens is 1. The molecule has 0 amide bonds. The number of nitrogens with one attached hydrogen (secondary N) is 1. The number of hydroxylamine groups is 4. The molecule has 1 aliphatic rings. The zero-order chi connectivity index (χ0) is 7.56. The predicted octanol–water partition coefficient (Wildman–Crippen LogP) is -1.15. The molecule has 0 spiro atoms. The summed E-state index contributed by atoms with van der Waals surface area (Å²) in [6.07, 6.45) is 1.62. The fourth-order valence-electron chi connectivity index (χ4n) is 1.27. The van der Waals surface area contributed by atoms with Crippen LogP contribution in [0.3, 0.4) is 0 Å². The Labute approximate surface area is 60.6 Å². The molecule has 4 heteroatoms. The van der Waals surface area contributed by atoms with Crippen molar-refractivity contribution in [1.29, 1.82) is 0 Å². The smallest absolute Gasteiger partial charge is 0.0896 e. The second kappa shape index (κ2) is 3.30. The van der Waals surface area contributed by atoms with E-state index in [0.29, 0.717) is 13.1 Å². The average Bonchev–Trinajstić information content (AvgIpc) is 1.88. The monoisotopic (exact) mass is 146 g/mol. The van der Waals surface area contributed by atoms with E-state index in [9.17, 15) is 5.21 Å². The molecular weight excluding hydrogens is 132 g/mol. The number of hydrogen-bond acceptors (Lipinski definition) is 3. The van der Waals surface area contributed by atoms with E-state index in [4.69, 9.17) is 5.21 Å². The third-order valence-electron chi connectivity index (χ3n) is 2.05. The summed E-state index contributed by atoms with van der Waals surface area (Å²) in [5, 5.41) is 21.3. The maximum atomic E-state index is 10.8. The van der Waals surface area contributed by atoms with Gasteiger partial charge >= 0.3 is 0 Å². The lowest BCUT2D eigenvalue weighted by atomic mass is 10.1. The van der Waals surface area contributed by atoms with Gasteiger partial charge in [-0.3, -0.25) is 0 Å². The van der Waals surface area contributed by atoms with Crippen LogP contribution in [0.25, 0.3) is 0 Å². The van der Waals surface area contributed by atoms with Gasteiger partial charge < -0.3 is 15.5 Å². The van der Waals surface area contributed by atoms with E-state index in [1.54, 1.807) is 7.05 Å². The topological polar surface area (TPSA) is 51.0 Å². The van der Waals surface area contributed by atoms with E-state index < -0.39 is 0 Å². The van der Waals surface area contributed by atoms with Crippen molar-refractivity contribution >= 4 is 0 Å². The Balaban J connectivity index is 2.26. The molecule has 0 aromatic rings. The summed E-state index contributed by atoms with van der Waals surface area (Å²) < 4.78 is 0. The van der Waals surface area contributed by atoms with Gasteiger partial charge in [0.05, 0.1) is 13.1 Å². The molecule has 0 aliphatic carbocycles. The molecule has 60 valence electrons. The average molecular weight is 146 g/mol.